The van der Waals surface area contributed by atoms with Gasteiger partial charge in [0.15, 0.2) is 11.5 Å². The van der Waals surface area contributed by atoms with Crippen molar-refractivity contribution in [1.82, 2.24) is 4.90 Å². The second-order valence-corrected chi connectivity index (χ2v) is 8.51. The molecule has 7 heteroatoms. The Hall–Kier alpha value is -2.77. The number of thiophene rings is 1. The average Bonchev–Trinajstić information content (AvgIpc) is 3.22. The summed E-state index contributed by atoms with van der Waals surface area (Å²) in [7, 11) is 4.78. The van der Waals surface area contributed by atoms with Crippen LogP contribution in [0.2, 0.25) is 0 Å². The predicted octanol–water partition coefficient (Wildman–Crippen LogP) is 4.96. The summed E-state index contributed by atoms with van der Waals surface area (Å²) in [6.07, 6.45) is 2.50. The molecule has 0 amide bonds. The molecule has 31 heavy (non-hydrogen) atoms. The lowest BCUT2D eigenvalue weighted by Gasteiger charge is -2.40. The number of benzene rings is 2. The molecule has 1 aliphatic heterocycles. The molecule has 0 aliphatic carbocycles. The number of hydrogen-bond acceptors (Lipinski definition) is 6. The minimum atomic E-state index is -0.788. The molecular formula is C24H27NO5S. The van der Waals surface area contributed by atoms with Crippen LogP contribution in [0.5, 0.6) is 17.2 Å². The third kappa shape index (κ3) is 3.83. The van der Waals surface area contributed by atoms with Crippen molar-refractivity contribution in [2.75, 3.05) is 27.9 Å². The number of carbonyl (C=O) groups is 1. The van der Waals surface area contributed by atoms with Crippen molar-refractivity contribution in [3.8, 4) is 17.2 Å². The second kappa shape index (κ2) is 9.16. The van der Waals surface area contributed by atoms with Gasteiger partial charge in [-0.05, 0) is 53.9 Å². The first-order valence-electron chi connectivity index (χ1n) is 10.3. The number of nitrogens with zero attached hydrogens (tertiary/aromatic N) is 1. The molecule has 2 unspecified atom stereocenters. The molecule has 1 fully saturated rings. The van der Waals surface area contributed by atoms with Crippen molar-refractivity contribution < 1.29 is 24.1 Å². The highest BCUT2D eigenvalue weighted by atomic mass is 32.1. The maximum Gasteiger partial charge on any atom is 0.320 e. The number of piperidine rings is 1. The van der Waals surface area contributed by atoms with E-state index in [2.05, 4.69) is 22.4 Å². The summed E-state index contributed by atoms with van der Waals surface area (Å²) >= 11 is 1.67. The smallest absolute Gasteiger partial charge is 0.320 e. The normalized spacial score (nSPS) is 18.0. The largest absolute Gasteiger partial charge is 0.493 e. The minimum Gasteiger partial charge on any atom is -0.493 e. The van der Waals surface area contributed by atoms with Gasteiger partial charge >= 0.3 is 5.97 Å². The molecular weight excluding hydrogens is 414 g/mol. The fraction of sp³-hybridized carbons (Fsp3) is 0.375. The number of rotatable bonds is 7. The highest BCUT2D eigenvalue weighted by Crippen LogP contribution is 2.48. The topological polar surface area (TPSA) is 68.2 Å². The highest BCUT2D eigenvalue weighted by molar-refractivity contribution is 7.17. The van der Waals surface area contributed by atoms with E-state index in [0.29, 0.717) is 30.2 Å². The van der Waals surface area contributed by atoms with Crippen LogP contribution in [0.25, 0.3) is 10.1 Å². The molecule has 6 nitrogen and oxygen atoms in total. The Balaban J connectivity index is 1.97. The zero-order chi connectivity index (χ0) is 22.0. The van der Waals surface area contributed by atoms with Crippen molar-refractivity contribution >= 4 is 27.4 Å². The van der Waals surface area contributed by atoms with E-state index in [9.17, 15) is 9.90 Å². The Morgan fingerprint density at radius 1 is 1.03 bits per heavy atom. The molecule has 0 radical (unpaired) electrons. The number of carboxylic acids is 1. The van der Waals surface area contributed by atoms with Crippen LogP contribution in [0.15, 0.2) is 41.8 Å². The lowest BCUT2D eigenvalue weighted by Crippen LogP contribution is -2.46. The minimum absolute atomic E-state index is 0.285. The van der Waals surface area contributed by atoms with Gasteiger partial charge in [0, 0.05) is 10.3 Å². The predicted molar refractivity (Wildman–Crippen MR) is 122 cm³/mol. The standard InChI is InChI=1S/C24H27NO5S/c1-28-19-12-11-16(22(29-2)23(19)30-3)21(25-13-7-6-9-18(25)24(26)27)17-14-31-20-10-5-4-8-15(17)20/h4-5,8,10-12,14,18,21H,6-7,9,13H2,1-3H3,(H,26,27). The molecule has 0 spiro atoms. The van der Waals surface area contributed by atoms with Gasteiger partial charge in [0.25, 0.3) is 0 Å². The first kappa shape index (κ1) is 21.5. The van der Waals surface area contributed by atoms with Crippen molar-refractivity contribution in [1.29, 1.82) is 0 Å². The Kier molecular flexibility index (Phi) is 6.34. The van der Waals surface area contributed by atoms with E-state index < -0.39 is 12.0 Å². The third-order valence-corrected chi connectivity index (χ3v) is 6.98. The summed E-state index contributed by atoms with van der Waals surface area (Å²) < 4.78 is 18.1. The lowest BCUT2D eigenvalue weighted by atomic mass is 9.90. The Bertz CT molecular complexity index is 1080. The van der Waals surface area contributed by atoms with Crippen LogP contribution in [0.4, 0.5) is 0 Å². The third-order valence-electron chi connectivity index (χ3n) is 6.00. The Morgan fingerprint density at radius 2 is 1.81 bits per heavy atom. The van der Waals surface area contributed by atoms with E-state index in [0.717, 1.165) is 29.4 Å². The van der Waals surface area contributed by atoms with Crippen molar-refractivity contribution in [3.05, 3.63) is 52.9 Å². The number of likely N-dealkylation sites (tertiary alicyclic amines) is 1. The molecule has 164 valence electrons. The fourth-order valence-corrected chi connectivity index (χ4v) is 5.58. The van der Waals surface area contributed by atoms with Crippen molar-refractivity contribution in [2.45, 2.75) is 31.3 Å². The van der Waals surface area contributed by atoms with E-state index in [1.807, 2.05) is 24.3 Å². The van der Waals surface area contributed by atoms with Gasteiger partial charge < -0.3 is 19.3 Å². The van der Waals surface area contributed by atoms with E-state index in [1.54, 1.807) is 32.7 Å². The number of fused-ring (bicyclic) bond motifs is 1. The molecule has 1 aromatic heterocycles. The Labute approximate surface area is 186 Å². The maximum absolute atomic E-state index is 12.2. The zero-order valence-corrected chi connectivity index (χ0v) is 18.8. The maximum atomic E-state index is 12.2. The fourth-order valence-electron chi connectivity index (χ4n) is 4.60. The molecule has 0 saturated carbocycles. The molecule has 1 aliphatic rings. The summed E-state index contributed by atoms with van der Waals surface area (Å²) in [6, 6.07) is 11.2. The molecule has 2 heterocycles. The molecule has 2 atom stereocenters. The first-order chi connectivity index (χ1) is 15.1. The highest BCUT2D eigenvalue weighted by Gasteiger charge is 2.38. The van der Waals surface area contributed by atoms with E-state index >= 15 is 0 Å². The number of ether oxygens (including phenoxy) is 3. The van der Waals surface area contributed by atoms with Gasteiger partial charge in [-0.1, -0.05) is 24.6 Å². The second-order valence-electron chi connectivity index (χ2n) is 7.60. The van der Waals surface area contributed by atoms with E-state index in [-0.39, 0.29) is 6.04 Å². The number of methoxy groups -OCH3 is 3. The summed E-state index contributed by atoms with van der Waals surface area (Å²) in [5.74, 6) is 0.863. The van der Waals surface area contributed by atoms with Crippen molar-refractivity contribution in [3.63, 3.8) is 0 Å². The van der Waals surface area contributed by atoms with Gasteiger partial charge in [-0.2, -0.15) is 0 Å². The molecule has 2 aromatic carbocycles. The van der Waals surface area contributed by atoms with Gasteiger partial charge in [-0.25, -0.2) is 0 Å². The van der Waals surface area contributed by atoms with Gasteiger partial charge in [0.1, 0.15) is 6.04 Å². The number of carboxylic acid groups (broad SMARTS) is 1. The number of hydrogen-bond donors (Lipinski definition) is 1. The summed E-state index contributed by atoms with van der Waals surface area (Å²) in [5, 5.41) is 13.3. The monoisotopic (exact) mass is 441 g/mol. The first-order valence-corrected chi connectivity index (χ1v) is 11.2. The van der Waals surface area contributed by atoms with Crippen LogP contribution < -0.4 is 14.2 Å². The molecule has 1 saturated heterocycles. The number of aliphatic carboxylic acids is 1. The molecule has 0 bridgehead atoms. The summed E-state index contributed by atoms with van der Waals surface area (Å²) in [4.78, 5) is 14.3. The molecule has 3 aromatic rings. The summed E-state index contributed by atoms with van der Waals surface area (Å²) in [5.41, 5.74) is 1.95. The van der Waals surface area contributed by atoms with Gasteiger partial charge in [-0.3, -0.25) is 9.69 Å². The van der Waals surface area contributed by atoms with Crippen LogP contribution in [-0.4, -0.2) is 49.9 Å². The SMILES string of the molecule is COc1ccc(C(c2csc3ccccc23)N2CCCCC2C(=O)O)c(OC)c1OC. The summed E-state index contributed by atoms with van der Waals surface area (Å²) in [6.45, 7) is 0.698. The molecule has 1 N–H and O–H groups in total. The van der Waals surface area contributed by atoms with Gasteiger partial charge in [-0.15, -0.1) is 11.3 Å². The van der Waals surface area contributed by atoms with E-state index in [1.165, 1.54) is 4.70 Å². The van der Waals surface area contributed by atoms with Crippen LogP contribution in [0.3, 0.4) is 0 Å². The zero-order valence-electron chi connectivity index (χ0n) is 18.0. The molecule has 4 rings (SSSR count). The van der Waals surface area contributed by atoms with E-state index in [4.69, 9.17) is 14.2 Å². The van der Waals surface area contributed by atoms with Crippen LogP contribution >= 0.6 is 11.3 Å². The average molecular weight is 442 g/mol. The van der Waals surface area contributed by atoms with Crippen LogP contribution in [-0.2, 0) is 4.79 Å². The lowest BCUT2D eigenvalue weighted by molar-refractivity contribution is -0.145. The van der Waals surface area contributed by atoms with Crippen molar-refractivity contribution in [2.24, 2.45) is 0 Å². The van der Waals surface area contributed by atoms with Crippen LogP contribution in [0, 0.1) is 0 Å². The Morgan fingerprint density at radius 3 is 2.52 bits per heavy atom. The van der Waals surface area contributed by atoms with Crippen LogP contribution in [0.1, 0.15) is 36.4 Å². The van der Waals surface area contributed by atoms with Gasteiger partial charge in [0.2, 0.25) is 5.75 Å². The quantitative estimate of drug-likeness (QED) is 0.559. The van der Waals surface area contributed by atoms with Gasteiger partial charge in [0.05, 0.1) is 27.4 Å².